The quantitative estimate of drug-likeness (QED) is 0.710. The maximum atomic E-state index is 11.0. The number of aliphatic hydroxyl groups is 1. The number of aryl methyl sites for hydroxylation is 1. The molecule has 14 heavy (non-hydrogen) atoms. The molecule has 1 heterocycles. The molecule has 0 saturated heterocycles. The monoisotopic (exact) mass is 197 g/mol. The molecule has 0 radical (unpaired) electrons. The van der Waals surface area contributed by atoms with Crippen LogP contribution in [0.3, 0.4) is 0 Å². The van der Waals surface area contributed by atoms with Crippen LogP contribution >= 0.6 is 0 Å². The molecule has 0 aliphatic heterocycles. The van der Waals surface area contributed by atoms with Crippen molar-refractivity contribution in [1.29, 1.82) is 0 Å². The summed E-state index contributed by atoms with van der Waals surface area (Å²) in [6.45, 7) is 2.12. The number of amides is 1. The van der Waals surface area contributed by atoms with Crippen LogP contribution in [0.1, 0.15) is 24.6 Å². The van der Waals surface area contributed by atoms with E-state index in [-0.39, 0.29) is 12.5 Å². The van der Waals surface area contributed by atoms with Crippen LogP contribution in [0.25, 0.3) is 0 Å². The molecule has 1 aromatic rings. The highest BCUT2D eigenvalue weighted by Gasteiger charge is 2.07. The zero-order chi connectivity index (χ0) is 10.6. The Morgan fingerprint density at radius 1 is 1.71 bits per heavy atom. The van der Waals surface area contributed by atoms with Gasteiger partial charge >= 0.3 is 0 Å². The molecule has 0 spiro atoms. The standard InChI is InChI=1S/C9H15N3O2/c1-3-9(14)10-4-8-7(6-13)5-12(2)11-8/h5,13H,3-4,6H2,1-2H3,(H,10,14). The van der Waals surface area contributed by atoms with E-state index in [2.05, 4.69) is 10.4 Å². The highest BCUT2D eigenvalue weighted by atomic mass is 16.3. The highest BCUT2D eigenvalue weighted by Crippen LogP contribution is 2.05. The molecule has 0 saturated carbocycles. The lowest BCUT2D eigenvalue weighted by Crippen LogP contribution is -2.22. The Labute approximate surface area is 82.7 Å². The van der Waals surface area contributed by atoms with Gasteiger partial charge in [0.2, 0.25) is 5.91 Å². The molecule has 0 aliphatic rings. The first-order valence-corrected chi connectivity index (χ1v) is 4.56. The minimum absolute atomic E-state index is 0.0143. The number of hydrogen-bond acceptors (Lipinski definition) is 3. The summed E-state index contributed by atoms with van der Waals surface area (Å²) in [5.74, 6) is -0.0143. The maximum Gasteiger partial charge on any atom is 0.220 e. The molecule has 1 aromatic heterocycles. The predicted molar refractivity (Wildman–Crippen MR) is 51.3 cm³/mol. The summed E-state index contributed by atoms with van der Waals surface area (Å²) in [5.41, 5.74) is 1.47. The smallest absolute Gasteiger partial charge is 0.220 e. The molecule has 0 fully saturated rings. The van der Waals surface area contributed by atoms with Crippen molar-refractivity contribution >= 4 is 5.91 Å². The van der Waals surface area contributed by atoms with Gasteiger partial charge in [0, 0.05) is 25.2 Å². The Kier molecular flexibility index (Phi) is 3.64. The number of carbonyl (C=O) groups is 1. The number of nitrogens with zero attached hydrogens (tertiary/aromatic N) is 2. The molecule has 0 bridgehead atoms. The van der Waals surface area contributed by atoms with E-state index >= 15 is 0 Å². The molecule has 0 aromatic carbocycles. The van der Waals surface area contributed by atoms with E-state index in [0.29, 0.717) is 13.0 Å². The van der Waals surface area contributed by atoms with Crippen molar-refractivity contribution in [1.82, 2.24) is 15.1 Å². The van der Waals surface area contributed by atoms with Crippen LogP contribution in [-0.4, -0.2) is 20.8 Å². The highest BCUT2D eigenvalue weighted by molar-refractivity contribution is 5.75. The van der Waals surface area contributed by atoms with Crippen LogP contribution in [0.4, 0.5) is 0 Å². The Morgan fingerprint density at radius 2 is 2.43 bits per heavy atom. The van der Waals surface area contributed by atoms with Gasteiger partial charge in [-0.15, -0.1) is 0 Å². The third-order valence-corrected chi connectivity index (χ3v) is 1.94. The molecule has 78 valence electrons. The molecular weight excluding hydrogens is 182 g/mol. The lowest BCUT2D eigenvalue weighted by Gasteiger charge is -2.01. The molecule has 0 unspecified atom stereocenters. The zero-order valence-corrected chi connectivity index (χ0v) is 8.45. The first-order valence-electron chi connectivity index (χ1n) is 4.56. The third kappa shape index (κ3) is 2.56. The lowest BCUT2D eigenvalue weighted by molar-refractivity contribution is -0.120. The third-order valence-electron chi connectivity index (χ3n) is 1.94. The van der Waals surface area contributed by atoms with Gasteiger partial charge in [0.05, 0.1) is 18.8 Å². The zero-order valence-electron chi connectivity index (χ0n) is 8.45. The summed E-state index contributed by atoms with van der Waals surface area (Å²) >= 11 is 0. The van der Waals surface area contributed by atoms with E-state index in [0.717, 1.165) is 11.3 Å². The first-order chi connectivity index (χ1) is 6.67. The van der Waals surface area contributed by atoms with Crippen LogP contribution in [0.15, 0.2) is 6.20 Å². The van der Waals surface area contributed by atoms with Crippen molar-refractivity contribution in [2.24, 2.45) is 7.05 Å². The van der Waals surface area contributed by atoms with Gasteiger partial charge < -0.3 is 10.4 Å². The fourth-order valence-corrected chi connectivity index (χ4v) is 1.17. The number of hydrogen-bond donors (Lipinski definition) is 2. The van der Waals surface area contributed by atoms with Crippen molar-refractivity contribution in [3.63, 3.8) is 0 Å². The van der Waals surface area contributed by atoms with Gasteiger partial charge in [0.15, 0.2) is 0 Å². The average molecular weight is 197 g/mol. The Hall–Kier alpha value is -1.36. The van der Waals surface area contributed by atoms with Crippen LogP contribution < -0.4 is 5.32 Å². The van der Waals surface area contributed by atoms with E-state index in [4.69, 9.17) is 5.11 Å². The van der Waals surface area contributed by atoms with E-state index in [1.165, 1.54) is 0 Å². The summed E-state index contributed by atoms with van der Waals surface area (Å²) in [7, 11) is 1.78. The molecule has 0 atom stereocenters. The average Bonchev–Trinajstić information content (AvgIpc) is 2.55. The molecular formula is C9H15N3O2. The van der Waals surface area contributed by atoms with Crippen molar-refractivity contribution in [3.8, 4) is 0 Å². The van der Waals surface area contributed by atoms with E-state index < -0.39 is 0 Å². The van der Waals surface area contributed by atoms with Crippen molar-refractivity contribution in [3.05, 3.63) is 17.5 Å². The second-order valence-electron chi connectivity index (χ2n) is 3.06. The topological polar surface area (TPSA) is 67.2 Å². The first kappa shape index (κ1) is 10.7. The normalized spacial score (nSPS) is 10.2. The minimum Gasteiger partial charge on any atom is -0.392 e. The number of aliphatic hydroxyl groups excluding tert-OH is 1. The van der Waals surface area contributed by atoms with Crippen molar-refractivity contribution < 1.29 is 9.90 Å². The lowest BCUT2D eigenvalue weighted by atomic mass is 10.2. The summed E-state index contributed by atoms with van der Waals surface area (Å²) in [5, 5.41) is 15.8. The summed E-state index contributed by atoms with van der Waals surface area (Å²) < 4.78 is 1.62. The predicted octanol–water partition coefficient (Wildman–Crippen LogP) is -0.0614. The Bertz CT molecular complexity index is 320. The van der Waals surface area contributed by atoms with Crippen molar-refractivity contribution in [2.75, 3.05) is 0 Å². The molecule has 1 rings (SSSR count). The number of carbonyl (C=O) groups excluding carboxylic acids is 1. The number of rotatable bonds is 4. The van der Waals surface area contributed by atoms with Gasteiger partial charge in [-0.3, -0.25) is 9.48 Å². The summed E-state index contributed by atoms with van der Waals surface area (Å²) in [4.78, 5) is 11.0. The van der Waals surface area contributed by atoms with Crippen LogP contribution in [0.5, 0.6) is 0 Å². The number of aromatic nitrogens is 2. The second-order valence-corrected chi connectivity index (χ2v) is 3.06. The van der Waals surface area contributed by atoms with Crippen LogP contribution in [0, 0.1) is 0 Å². The van der Waals surface area contributed by atoms with Crippen LogP contribution in [0.2, 0.25) is 0 Å². The van der Waals surface area contributed by atoms with Crippen molar-refractivity contribution in [2.45, 2.75) is 26.5 Å². The van der Waals surface area contributed by atoms with Gasteiger partial charge in [-0.25, -0.2) is 0 Å². The van der Waals surface area contributed by atoms with E-state index in [9.17, 15) is 4.79 Å². The van der Waals surface area contributed by atoms with Gasteiger partial charge in [-0.1, -0.05) is 6.92 Å². The fourth-order valence-electron chi connectivity index (χ4n) is 1.17. The van der Waals surface area contributed by atoms with Gasteiger partial charge in [0.25, 0.3) is 0 Å². The number of nitrogens with one attached hydrogen (secondary N) is 1. The van der Waals surface area contributed by atoms with E-state index in [1.807, 2.05) is 0 Å². The summed E-state index contributed by atoms with van der Waals surface area (Å²) in [6.07, 6.45) is 2.20. The largest absolute Gasteiger partial charge is 0.392 e. The molecule has 5 heteroatoms. The van der Waals surface area contributed by atoms with Gasteiger partial charge in [0.1, 0.15) is 0 Å². The fraction of sp³-hybridized carbons (Fsp3) is 0.556. The van der Waals surface area contributed by atoms with E-state index in [1.54, 1.807) is 24.9 Å². The maximum absolute atomic E-state index is 11.0. The SMILES string of the molecule is CCC(=O)NCc1nn(C)cc1CO. The minimum atomic E-state index is -0.0504. The van der Waals surface area contributed by atoms with Crippen LogP contribution in [-0.2, 0) is 25.0 Å². The molecule has 5 nitrogen and oxygen atoms in total. The second kappa shape index (κ2) is 4.76. The molecule has 2 N–H and O–H groups in total. The van der Waals surface area contributed by atoms with Gasteiger partial charge in [-0.05, 0) is 0 Å². The molecule has 0 aliphatic carbocycles. The molecule has 1 amide bonds. The Balaban J connectivity index is 2.61. The van der Waals surface area contributed by atoms with Gasteiger partial charge in [-0.2, -0.15) is 5.10 Å². The Morgan fingerprint density at radius 3 is 3.00 bits per heavy atom. The summed E-state index contributed by atoms with van der Waals surface area (Å²) in [6, 6.07) is 0.